The third-order valence-corrected chi connectivity index (χ3v) is 5.07. The van der Waals surface area contributed by atoms with Crippen LogP contribution in [0.1, 0.15) is 16.7 Å². The highest BCUT2D eigenvalue weighted by molar-refractivity contribution is 6.21. The molecular weight excluding hydrogens is 372 g/mol. The van der Waals surface area contributed by atoms with Crippen LogP contribution in [0.2, 0.25) is 0 Å². The Morgan fingerprint density at radius 1 is 0.933 bits per heavy atom. The molecule has 0 aliphatic heterocycles. The van der Waals surface area contributed by atoms with Crippen molar-refractivity contribution in [3.8, 4) is 5.88 Å². The fraction of sp³-hybridized carbons (Fsp3) is 0.0400. The van der Waals surface area contributed by atoms with E-state index in [-0.39, 0.29) is 5.88 Å². The molecule has 5 nitrogen and oxygen atoms in total. The van der Waals surface area contributed by atoms with Gasteiger partial charge in [0.25, 0.3) is 0 Å². The third-order valence-electron chi connectivity index (χ3n) is 5.07. The standard InChI is InChI=1S/C25H20N4O/c30-25-23(21-8-4-5-9-22(21)28-25)24(19-6-2-1-3-7-19)27-20-12-10-18(11-13-20)16-29-15-14-26-17-29/h1-15,17,28,30H,16H2. The molecule has 5 heteroatoms. The van der Waals surface area contributed by atoms with E-state index in [1.165, 1.54) is 5.56 Å². The van der Waals surface area contributed by atoms with E-state index in [0.29, 0.717) is 5.56 Å². The average molecular weight is 392 g/mol. The molecule has 0 saturated carbocycles. The summed E-state index contributed by atoms with van der Waals surface area (Å²) in [4.78, 5) is 12.1. The van der Waals surface area contributed by atoms with Gasteiger partial charge in [-0.15, -0.1) is 0 Å². The Labute approximate surface area is 174 Å². The van der Waals surface area contributed by atoms with Crippen molar-refractivity contribution in [1.29, 1.82) is 0 Å². The molecule has 2 N–H and O–H groups in total. The molecule has 30 heavy (non-hydrogen) atoms. The van der Waals surface area contributed by atoms with Crippen LogP contribution < -0.4 is 0 Å². The van der Waals surface area contributed by atoms with E-state index in [1.54, 1.807) is 12.5 Å². The number of aromatic amines is 1. The zero-order chi connectivity index (χ0) is 20.3. The molecule has 0 aliphatic rings. The Morgan fingerprint density at radius 2 is 1.70 bits per heavy atom. The maximum Gasteiger partial charge on any atom is 0.199 e. The first-order valence-electron chi connectivity index (χ1n) is 9.77. The van der Waals surface area contributed by atoms with E-state index in [9.17, 15) is 5.11 Å². The number of rotatable bonds is 5. The van der Waals surface area contributed by atoms with Crippen LogP contribution in [0.15, 0.2) is 103 Å². The number of H-pyrrole nitrogens is 1. The SMILES string of the molecule is Oc1[nH]c2ccccc2c1C(=Nc1ccc(Cn2ccnc2)cc1)c1ccccc1. The third kappa shape index (κ3) is 3.49. The van der Waals surface area contributed by atoms with E-state index in [0.717, 1.165) is 34.4 Å². The summed E-state index contributed by atoms with van der Waals surface area (Å²) < 4.78 is 2.03. The average Bonchev–Trinajstić information content (AvgIpc) is 3.41. The normalized spacial score (nSPS) is 11.8. The van der Waals surface area contributed by atoms with Crippen molar-refractivity contribution in [2.24, 2.45) is 4.99 Å². The second-order valence-electron chi connectivity index (χ2n) is 7.12. The zero-order valence-electron chi connectivity index (χ0n) is 16.2. The molecule has 0 spiro atoms. The first kappa shape index (κ1) is 17.9. The van der Waals surface area contributed by atoms with Gasteiger partial charge in [-0.05, 0) is 23.8 Å². The summed E-state index contributed by atoms with van der Waals surface area (Å²) >= 11 is 0. The fourth-order valence-electron chi connectivity index (χ4n) is 3.62. The molecule has 0 fully saturated rings. The number of aromatic nitrogens is 3. The first-order valence-corrected chi connectivity index (χ1v) is 9.77. The summed E-state index contributed by atoms with van der Waals surface area (Å²) in [5.74, 6) is 0.121. The lowest BCUT2D eigenvalue weighted by atomic mass is 10.0. The molecule has 5 aromatic rings. The molecule has 3 aromatic carbocycles. The predicted molar refractivity (Wildman–Crippen MR) is 119 cm³/mol. The van der Waals surface area contributed by atoms with E-state index in [2.05, 4.69) is 22.1 Å². The van der Waals surface area contributed by atoms with Crippen LogP contribution in [-0.2, 0) is 6.54 Å². The number of para-hydroxylation sites is 1. The number of nitrogens with one attached hydrogen (secondary N) is 1. The van der Waals surface area contributed by atoms with Gasteiger partial charge >= 0.3 is 0 Å². The van der Waals surface area contributed by atoms with Gasteiger partial charge in [-0.2, -0.15) is 0 Å². The minimum absolute atomic E-state index is 0.121. The van der Waals surface area contributed by atoms with Crippen LogP contribution in [0.4, 0.5) is 5.69 Å². The van der Waals surface area contributed by atoms with Crippen molar-refractivity contribution in [3.05, 3.63) is 114 Å². The van der Waals surface area contributed by atoms with E-state index in [1.807, 2.05) is 77.5 Å². The summed E-state index contributed by atoms with van der Waals surface area (Å²) in [7, 11) is 0. The van der Waals surface area contributed by atoms with Crippen LogP contribution >= 0.6 is 0 Å². The molecule has 2 aromatic heterocycles. The summed E-state index contributed by atoms with van der Waals surface area (Å²) in [6, 6.07) is 25.9. The molecule has 0 amide bonds. The number of hydrogen-bond acceptors (Lipinski definition) is 3. The van der Waals surface area contributed by atoms with Gasteiger partial charge in [-0.25, -0.2) is 9.98 Å². The molecule has 0 aliphatic carbocycles. The molecule has 0 radical (unpaired) electrons. The summed E-state index contributed by atoms with van der Waals surface area (Å²) in [6.07, 6.45) is 5.52. The second-order valence-corrected chi connectivity index (χ2v) is 7.12. The highest BCUT2D eigenvalue weighted by atomic mass is 16.3. The maximum atomic E-state index is 10.7. The number of hydrogen-bond donors (Lipinski definition) is 2. The number of benzene rings is 3. The lowest BCUT2D eigenvalue weighted by molar-refractivity contribution is 0.457. The number of fused-ring (bicyclic) bond motifs is 1. The lowest BCUT2D eigenvalue weighted by Crippen LogP contribution is -2.03. The van der Waals surface area contributed by atoms with Gasteiger partial charge in [0, 0.05) is 35.4 Å². The summed E-state index contributed by atoms with van der Waals surface area (Å²) in [5, 5.41) is 11.6. The molecule has 0 unspecified atom stereocenters. The zero-order valence-corrected chi connectivity index (χ0v) is 16.2. The van der Waals surface area contributed by atoms with Crippen molar-refractivity contribution >= 4 is 22.3 Å². The molecule has 5 rings (SSSR count). The van der Waals surface area contributed by atoms with Gasteiger partial charge in [0.1, 0.15) is 0 Å². The van der Waals surface area contributed by atoms with E-state index < -0.39 is 0 Å². The number of aromatic hydroxyl groups is 1. The van der Waals surface area contributed by atoms with Gasteiger partial charge in [-0.1, -0.05) is 60.7 Å². The maximum absolute atomic E-state index is 10.7. The Balaban J connectivity index is 1.59. The van der Waals surface area contributed by atoms with Crippen molar-refractivity contribution in [2.75, 3.05) is 0 Å². The van der Waals surface area contributed by atoms with Crippen LogP contribution in [-0.4, -0.2) is 25.4 Å². The monoisotopic (exact) mass is 392 g/mol. The Morgan fingerprint density at radius 3 is 2.47 bits per heavy atom. The van der Waals surface area contributed by atoms with Crippen LogP contribution in [0.25, 0.3) is 10.9 Å². The molecule has 2 heterocycles. The summed E-state index contributed by atoms with van der Waals surface area (Å²) in [5.41, 5.74) is 5.26. The van der Waals surface area contributed by atoms with Gasteiger partial charge in [0.15, 0.2) is 5.88 Å². The lowest BCUT2D eigenvalue weighted by Gasteiger charge is -2.08. The highest BCUT2D eigenvalue weighted by Gasteiger charge is 2.18. The van der Waals surface area contributed by atoms with Crippen LogP contribution in [0, 0.1) is 0 Å². The molecule has 0 bridgehead atoms. The van der Waals surface area contributed by atoms with E-state index in [4.69, 9.17) is 4.99 Å². The molecular formula is C25H20N4O. The quantitative estimate of drug-likeness (QED) is 0.399. The van der Waals surface area contributed by atoms with Crippen molar-refractivity contribution in [1.82, 2.24) is 14.5 Å². The Bertz CT molecular complexity index is 1300. The van der Waals surface area contributed by atoms with Gasteiger partial charge < -0.3 is 14.7 Å². The van der Waals surface area contributed by atoms with Crippen molar-refractivity contribution in [2.45, 2.75) is 6.54 Å². The van der Waals surface area contributed by atoms with Crippen molar-refractivity contribution < 1.29 is 5.11 Å². The first-order chi connectivity index (χ1) is 14.8. The second kappa shape index (κ2) is 7.72. The molecule has 146 valence electrons. The highest BCUT2D eigenvalue weighted by Crippen LogP contribution is 2.31. The largest absolute Gasteiger partial charge is 0.494 e. The Hall–Kier alpha value is -4.12. The predicted octanol–water partition coefficient (Wildman–Crippen LogP) is 5.29. The van der Waals surface area contributed by atoms with Crippen LogP contribution in [0.5, 0.6) is 5.88 Å². The van der Waals surface area contributed by atoms with Crippen LogP contribution in [0.3, 0.4) is 0 Å². The molecule has 0 atom stereocenters. The Kier molecular flexibility index (Phi) is 4.62. The van der Waals surface area contributed by atoms with Crippen molar-refractivity contribution in [3.63, 3.8) is 0 Å². The van der Waals surface area contributed by atoms with Gasteiger partial charge in [-0.3, -0.25) is 0 Å². The minimum Gasteiger partial charge on any atom is -0.494 e. The number of aliphatic imine (C=N–C) groups is 1. The topological polar surface area (TPSA) is 66.2 Å². The number of imidazole rings is 1. The van der Waals surface area contributed by atoms with E-state index >= 15 is 0 Å². The fourth-order valence-corrected chi connectivity index (χ4v) is 3.62. The molecule has 0 saturated heterocycles. The minimum atomic E-state index is 0.121. The smallest absolute Gasteiger partial charge is 0.199 e. The summed E-state index contributed by atoms with van der Waals surface area (Å²) in [6.45, 7) is 0.763. The number of nitrogens with zero attached hydrogens (tertiary/aromatic N) is 3. The van der Waals surface area contributed by atoms with Gasteiger partial charge in [0.05, 0.1) is 23.3 Å². The van der Waals surface area contributed by atoms with Gasteiger partial charge in [0.2, 0.25) is 0 Å².